The Balaban J connectivity index is 1.69. The van der Waals surface area contributed by atoms with E-state index in [9.17, 15) is 5.11 Å². The summed E-state index contributed by atoms with van der Waals surface area (Å²) in [6.45, 7) is 4.12. The van der Waals surface area contributed by atoms with Crippen molar-refractivity contribution < 1.29 is 5.11 Å². The molecule has 3 N–H and O–H groups in total. The molecular weight excluding hydrogens is 276 g/mol. The van der Waals surface area contributed by atoms with Gasteiger partial charge in [0.05, 0.1) is 11.0 Å². The van der Waals surface area contributed by atoms with Crippen molar-refractivity contribution in [2.45, 2.75) is 0 Å². The van der Waals surface area contributed by atoms with Gasteiger partial charge in [0.2, 0.25) is 0 Å². The lowest BCUT2D eigenvalue weighted by atomic mass is 10.2. The fourth-order valence-corrected chi connectivity index (χ4v) is 2.87. The predicted molar refractivity (Wildman–Crippen MR) is 88.3 cm³/mol. The first-order valence-electron chi connectivity index (χ1n) is 7.54. The maximum absolute atomic E-state index is 9.38. The topological polar surface area (TPSA) is 64.2 Å². The van der Waals surface area contributed by atoms with Gasteiger partial charge in [-0.05, 0) is 42.5 Å². The van der Waals surface area contributed by atoms with E-state index in [1.54, 1.807) is 12.1 Å². The van der Waals surface area contributed by atoms with E-state index in [1.165, 1.54) is 5.69 Å². The van der Waals surface area contributed by atoms with Crippen LogP contribution in [0.4, 0.5) is 5.69 Å². The fourth-order valence-electron chi connectivity index (χ4n) is 2.87. The molecule has 1 aliphatic heterocycles. The van der Waals surface area contributed by atoms with Crippen LogP contribution < -0.4 is 10.2 Å². The quantitative estimate of drug-likeness (QED) is 0.679. The van der Waals surface area contributed by atoms with Gasteiger partial charge in [0, 0.05) is 37.4 Å². The molecule has 22 heavy (non-hydrogen) atoms. The molecule has 2 heterocycles. The van der Waals surface area contributed by atoms with E-state index in [4.69, 9.17) is 0 Å². The number of phenols is 1. The van der Waals surface area contributed by atoms with E-state index in [-0.39, 0.29) is 5.75 Å². The number of aromatic nitrogens is 2. The van der Waals surface area contributed by atoms with E-state index in [0.29, 0.717) is 0 Å². The molecule has 2 aromatic carbocycles. The number of phenolic OH excluding ortho intramolecular Hbond substituents is 1. The van der Waals surface area contributed by atoms with Crippen molar-refractivity contribution >= 4 is 16.7 Å². The smallest absolute Gasteiger partial charge is 0.138 e. The van der Waals surface area contributed by atoms with Crippen LogP contribution in [0.2, 0.25) is 0 Å². The minimum Gasteiger partial charge on any atom is -0.508 e. The number of fused-ring (bicyclic) bond motifs is 1. The molecule has 5 nitrogen and oxygen atoms in total. The molecule has 0 aliphatic carbocycles. The van der Waals surface area contributed by atoms with Crippen LogP contribution in [0.1, 0.15) is 0 Å². The summed E-state index contributed by atoms with van der Waals surface area (Å²) in [5, 5.41) is 12.8. The number of nitrogens with one attached hydrogen (secondary N) is 2. The average molecular weight is 294 g/mol. The van der Waals surface area contributed by atoms with Gasteiger partial charge in [0.1, 0.15) is 11.6 Å². The van der Waals surface area contributed by atoms with Crippen molar-refractivity contribution in [3.8, 4) is 17.1 Å². The molecule has 4 rings (SSSR count). The van der Waals surface area contributed by atoms with Crippen LogP contribution >= 0.6 is 0 Å². The van der Waals surface area contributed by atoms with Gasteiger partial charge in [-0.2, -0.15) is 0 Å². The number of piperazine rings is 1. The fraction of sp³-hybridized carbons (Fsp3) is 0.235. The summed E-state index contributed by atoms with van der Waals surface area (Å²) in [5.41, 5.74) is 4.20. The van der Waals surface area contributed by atoms with E-state index in [2.05, 4.69) is 38.4 Å². The Bertz CT molecular complexity index is 788. The number of H-pyrrole nitrogens is 1. The monoisotopic (exact) mass is 294 g/mol. The predicted octanol–water partition coefficient (Wildman–Crippen LogP) is 2.35. The number of hydrogen-bond acceptors (Lipinski definition) is 4. The number of hydrogen-bond donors (Lipinski definition) is 3. The minimum absolute atomic E-state index is 0.265. The summed E-state index contributed by atoms with van der Waals surface area (Å²) >= 11 is 0. The van der Waals surface area contributed by atoms with Crippen LogP contribution in [0.3, 0.4) is 0 Å². The minimum atomic E-state index is 0.265. The number of anilines is 1. The molecule has 0 saturated carbocycles. The molecular formula is C17H18N4O. The Labute approximate surface area is 128 Å². The van der Waals surface area contributed by atoms with Crippen molar-refractivity contribution in [1.82, 2.24) is 15.3 Å². The van der Waals surface area contributed by atoms with E-state index < -0.39 is 0 Å². The third-order valence-electron chi connectivity index (χ3n) is 4.09. The van der Waals surface area contributed by atoms with Crippen molar-refractivity contribution in [3.63, 3.8) is 0 Å². The first kappa shape index (κ1) is 13.2. The summed E-state index contributed by atoms with van der Waals surface area (Å²) in [4.78, 5) is 10.4. The standard InChI is InChI=1S/C17H18N4O/c22-14-4-1-12(2-5-14)17-19-15-6-3-13(11-16(15)20-17)21-9-7-18-8-10-21/h1-6,11,18,22H,7-10H2,(H,19,20). The molecule has 1 saturated heterocycles. The zero-order chi connectivity index (χ0) is 14.9. The SMILES string of the molecule is Oc1ccc(-c2nc3ccc(N4CCNCC4)cc3[nH]2)cc1. The summed E-state index contributed by atoms with van der Waals surface area (Å²) in [6.07, 6.45) is 0. The second-order valence-corrected chi connectivity index (χ2v) is 5.57. The van der Waals surface area contributed by atoms with Crippen molar-refractivity contribution in [2.75, 3.05) is 31.1 Å². The Kier molecular flexibility index (Phi) is 3.20. The van der Waals surface area contributed by atoms with Gasteiger partial charge in [-0.3, -0.25) is 0 Å². The van der Waals surface area contributed by atoms with Gasteiger partial charge in [-0.1, -0.05) is 0 Å². The lowest BCUT2D eigenvalue weighted by Crippen LogP contribution is -2.43. The number of aromatic amines is 1. The maximum atomic E-state index is 9.38. The first-order chi connectivity index (χ1) is 10.8. The van der Waals surface area contributed by atoms with Gasteiger partial charge in [-0.25, -0.2) is 4.98 Å². The van der Waals surface area contributed by atoms with E-state index in [0.717, 1.165) is 48.6 Å². The van der Waals surface area contributed by atoms with Crippen LogP contribution in [-0.4, -0.2) is 41.3 Å². The molecule has 1 aromatic heterocycles. The van der Waals surface area contributed by atoms with Crippen molar-refractivity contribution in [2.24, 2.45) is 0 Å². The van der Waals surface area contributed by atoms with Gasteiger partial charge in [0.15, 0.2) is 0 Å². The molecule has 0 radical (unpaired) electrons. The van der Waals surface area contributed by atoms with Crippen LogP contribution in [0, 0.1) is 0 Å². The van der Waals surface area contributed by atoms with Crippen molar-refractivity contribution in [1.29, 1.82) is 0 Å². The molecule has 0 spiro atoms. The third kappa shape index (κ3) is 2.40. The molecule has 3 aromatic rings. The molecule has 0 unspecified atom stereocenters. The highest BCUT2D eigenvalue weighted by Gasteiger charge is 2.12. The summed E-state index contributed by atoms with van der Waals surface area (Å²) in [7, 11) is 0. The number of rotatable bonds is 2. The highest BCUT2D eigenvalue weighted by molar-refractivity contribution is 5.83. The Morgan fingerprint density at radius 3 is 2.55 bits per heavy atom. The van der Waals surface area contributed by atoms with Crippen LogP contribution in [0.15, 0.2) is 42.5 Å². The van der Waals surface area contributed by atoms with Gasteiger partial charge >= 0.3 is 0 Å². The molecule has 112 valence electrons. The van der Waals surface area contributed by atoms with Gasteiger partial charge in [-0.15, -0.1) is 0 Å². The first-order valence-corrected chi connectivity index (χ1v) is 7.54. The van der Waals surface area contributed by atoms with E-state index in [1.807, 2.05) is 12.1 Å². The Morgan fingerprint density at radius 2 is 1.77 bits per heavy atom. The lowest BCUT2D eigenvalue weighted by Gasteiger charge is -2.29. The Hall–Kier alpha value is -2.53. The number of nitrogens with zero attached hydrogens (tertiary/aromatic N) is 2. The largest absolute Gasteiger partial charge is 0.508 e. The maximum Gasteiger partial charge on any atom is 0.138 e. The van der Waals surface area contributed by atoms with Crippen molar-refractivity contribution in [3.05, 3.63) is 42.5 Å². The van der Waals surface area contributed by atoms with Crippen LogP contribution in [-0.2, 0) is 0 Å². The third-order valence-corrected chi connectivity index (χ3v) is 4.09. The van der Waals surface area contributed by atoms with Gasteiger partial charge < -0.3 is 20.3 Å². The van der Waals surface area contributed by atoms with Crippen LogP contribution in [0.25, 0.3) is 22.4 Å². The molecule has 0 atom stereocenters. The molecule has 1 fully saturated rings. The van der Waals surface area contributed by atoms with E-state index >= 15 is 0 Å². The van der Waals surface area contributed by atoms with Gasteiger partial charge in [0.25, 0.3) is 0 Å². The highest BCUT2D eigenvalue weighted by Crippen LogP contribution is 2.25. The zero-order valence-corrected chi connectivity index (χ0v) is 12.2. The second kappa shape index (κ2) is 5.35. The summed E-state index contributed by atoms with van der Waals surface area (Å²) in [5.74, 6) is 1.09. The molecule has 5 heteroatoms. The summed E-state index contributed by atoms with van der Waals surface area (Å²) < 4.78 is 0. The molecule has 0 amide bonds. The lowest BCUT2D eigenvalue weighted by molar-refractivity contribution is 0.475. The summed E-state index contributed by atoms with van der Waals surface area (Å²) in [6, 6.07) is 13.4. The average Bonchev–Trinajstić information content (AvgIpc) is 2.99. The number of aromatic hydroxyl groups is 1. The highest BCUT2D eigenvalue weighted by atomic mass is 16.3. The van der Waals surface area contributed by atoms with Crippen LogP contribution in [0.5, 0.6) is 5.75 Å². The molecule has 1 aliphatic rings. The normalized spacial score (nSPS) is 15.4. The molecule has 0 bridgehead atoms. The Morgan fingerprint density at radius 1 is 1.00 bits per heavy atom. The number of imidazole rings is 1. The number of benzene rings is 2. The zero-order valence-electron chi connectivity index (χ0n) is 12.2. The second-order valence-electron chi connectivity index (χ2n) is 5.57.